The summed E-state index contributed by atoms with van der Waals surface area (Å²) >= 11 is 3.68. The molecule has 4 rings (SSSR count). The zero-order valence-electron chi connectivity index (χ0n) is 16.4. The Hall–Kier alpha value is -1.83. The van der Waals surface area contributed by atoms with Crippen molar-refractivity contribution < 1.29 is 14.7 Å². The highest BCUT2D eigenvalue weighted by atomic mass is 32.2. The van der Waals surface area contributed by atoms with Crippen LogP contribution in [0.4, 0.5) is 0 Å². The molecule has 1 unspecified atom stereocenters. The summed E-state index contributed by atoms with van der Waals surface area (Å²) in [5.41, 5.74) is 3.73. The molecule has 2 aromatic rings. The van der Waals surface area contributed by atoms with Crippen LogP contribution in [0.15, 0.2) is 30.3 Å². The van der Waals surface area contributed by atoms with Gasteiger partial charge in [-0.25, -0.2) is 0 Å². The number of fused-ring (bicyclic) bond motifs is 2. The summed E-state index contributed by atoms with van der Waals surface area (Å²) in [4.78, 5) is 29.8. The zero-order valence-corrected chi connectivity index (χ0v) is 18.0. The van der Waals surface area contributed by atoms with E-state index in [2.05, 4.69) is 17.4 Å². The van der Waals surface area contributed by atoms with E-state index >= 15 is 0 Å². The van der Waals surface area contributed by atoms with E-state index in [1.807, 2.05) is 30.0 Å². The average molecular weight is 431 g/mol. The van der Waals surface area contributed by atoms with Gasteiger partial charge in [-0.1, -0.05) is 24.3 Å². The Balaban J connectivity index is 1.43. The van der Waals surface area contributed by atoms with Crippen LogP contribution in [0, 0.1) is 0 Å². The fourth-order valence-corrected chi connectivity index (χ4v) is 6.49. The predicted molar refractivity (Wildman–Crippen MR) is 117 cm³/mol. The van der Waals surface area contributed by atoms with Crippen molar-refractivity contribution in [2.24, 2.45) is 0 Å². The van der Waals surface area contributed by atoms with Gasteiger partial charge < -0.3 is 15.3 Å². The number of hydrogen-bond acceptors (Lipinski definition) is 5. The summed E-state index contributed by atoms with van der Waals surface area (Å²) in [6.45, 7) is 0.771. The Morgan fingerprint density at radius 3 is 2.90 bits per heavy atom. The largest absolute Gasteiger partial charge is 0.396 e. The van der Waals surface area contributed by atoms with E-state index < -0.39 is 11.8 Å². The van der Waals surface area contributed by atoms with Crippen molar-refractivity contribution in [2.75, 3.05) is 18.9 Å². The van der Waals surface area contributed by atoms with Crippen molar-refractivity contribution >= 4 is 34.9 Å². The molecule has 2 heterocycles. The molecular weight excluding hydrogens is 404 g/mol. The first kappa shape index (κ1) is 20.4. The number of nitrogens with one attached hydrogen (secondary N) is 1. The lowest BCUT2D eigenvalue weighted by atomic mass is 10.1. The van der Waals surface area contributed by atoms with Gasteiger partial charge in [-0.3, -0.25) is 9.59 Å². The summed E-state index contributed by atoms with van der Waals surface area (Å²) in [6.07, 6.45) is 3.28. The van der Waals surface area contributed by atoms with Crippen LogP contribution in [-0.4, -0.2) is 40.7 Å². The maximum absolute atomic E-state index is 13.0. The molecular formula is C22H26N2O3S2. The molecule has 7 heteroatoms. The number of thioether (sulfide) groups is 1. The molecule has 1 aromatic carbocycles. The summed E-state index contributed by atoms with van der Waals surface area (Å²) < 4.78 is 0. The van der Waals surface area contributed by atoms with Crippen molar-refractivity contribution in [2.45, 2.75) is 44.0 Å². The Labute approximate surface area is 179 Å². The number of aliphatic hydroxyl groups is 1. The van der Waals surface area contributed by atoms with Crippen LogP contribution in [0.2, 0.25) is 0 Å². The van der Waals surface area contributed by atoms with Crippen molar-refractivity contribution in [3.63, 3.8) is 0 Å². The quantitative estimate of drug-likeness (QED) is 0.691. The molecule has 2 amide bonds. The maximum atomic E-state index is 13.0. The minimum atomic E-state index is -0.562. The van der Waals surface area contributed by atoms with Crippen molar-refractivity contribution in [1.82, 2.24) is 10.2 Å². The number of aryl methyl sites for hydroxylation is 2. The third kappa shape index (κ3) is 4.52. The summed E-state index contributed by atoms with van der Waals surface area (Å²) in [6, 6.07) is 10.2. The number of benzene rings is 1. The topological polar surface area (TPSA) is 69.6 Å². The fraction of sp³-hybridized carbons (Fsp3) is 0.455. The number of carbonyl (C=O) groups is 2. The van der Waals surface area contributed by atoms with E-state index in [9.17, 15) is 14.7 Å². The summed E-state index contributed by atoms with van der Waals surface area (Å²) in [5.74, 6) is 1.12. The minimum Gasteiger partial charge on any atom is -0.396 e. The Morgan fingerprint density at radius 2 is 2.07 bits per heavy atom. The number of hydrogen-bond donors (Lipinski definition) is 2. The Bertz CT molecular complexity index is 872. The minimum absolute atomic E-state index is 0.00146. The summed E-state index contributed by atoms with van der Waals surface area (Å²) in [7, 11) is 0. The number of thiophene rings is 1. The number of carbonyl (C=O) groups excluding carboxylic acids is 2. The lowest BCUT2D eigenvalue weighted by Crippen LogP contribution is -2.44. The molecule has 0 saturated heterocycles. The van der Waals surface area contributed by atoms with E-state index in [1.54, 1.807) is 16.2 Å². The number of nitrogens with zero attached hydrogens (tertiary/aromatic N) is 1. The van der Waals surface area contributed by atoms with Crippen LogP contribution in [-0.2, 0) is 34.7 Å². The molecule has 0 bridgehead atoms. The first-order chi connectivity index (χ1) is 14.2. The third-order valence-electron chi connectivity index (χ3n) is 5.59. The highest BCUT2D eigenvalue weighted by Gasteiger charge is 2.33. The molecule has 1 atom stereocenters. The second kappa shape index (κ2) is 9.32. The van der Waals surface area contributed by atoms with Crippen LogP contribution in [0.5, 0.6) is 0 Å². The highest BCUT2D eigenvalue weighted by Crippen LogP contribution is 2.36. The zero-order chi connectivity index (χ0) is 20.2. The molecule has 5 nitrogen and oxygen atoms in total. The van der Waals surface area contributed by atoms with Gasteiger partial charge in [0.15, 0.2) is 0 Å². The smallest absolute Gasteiger partial charge is 0.312 e. The molecule has 0 fully saturated rings. The molecule has 1 aromatic heterocycles. The first-order valence-corrected chi connectivity index (χ1v) is 12.1. The van der Waals surface area contributed by atoms with Crippen LogP contribution in [0.1, 0.15) is 45.3 Å². The van der Waals surface area contributed by atoms with Crippen molar-refractivity contribution in [3.8, 4) is 0 Å². The number of rotatable bonds is 6. The van der Waals surface area contributed by atoms with Crippen molar-refractivity contribution in [3.05, 3.63) is 56.8 Å². The van der Waals surface area contributed by atoms with Gasteiger partial charge in [-0.05, 0) is 54.2 Å². The molecule has 2 aliphatic rings. The van der Waals surface area contributed by atoms with Crippen LogP contribution < -0.4 is 5.32 Å². The lowest BCUT2D eigenvalue weighted by Gasteiger charge is -2.29. The van der Waals surface area contributed by atoms with Gasteiger partial charge in [0.25, 0.3) is 0 Å². The van der Waals surface area contributed by atoms with Gasteiger partial charge in [0.1, 0.15) is 0 Å². The molecule has 0 radical (unpaired) electrons. The van der Waals surface area contributed by atoms with Gasteiger partial charge in [0.2, 0.25) is 0 Å². The Kier molecular flexibility index (Phi) is 6.57. The van der Waals surface area contributed by atoms with Crippen LogP contribution in [0.3, 0.4) is 0 Å². The normalized spacial score (nSPS) is 17.5. The van der Waals surface area contributed by atoms with E-state index in [4.69, 9.17) is 0 Å². The van der Waals surface area contributed by atoms with Gasteiger partial charge in [0, 0.05) is 28.7 Å². The van der Waals surface area contributed by atoms with E-state index in [0.29, 0.717) is 19.5 Å². The van der Waals surface area contributed by atoms with Crippen LogP contribution >= 0.6 is 23.1 Å². The monoisotopic (exact) mass is 430 g/mol. The highest BCUT2D eigenvalue weighted by molar-refractivity contribution is 7.98. The molecule has 1 aliphatic carbocycles. The molecule has 29 heavy (non-hydrogen) atoms. The number of aliphatic hydroxyl groups excluding tert-OH is 1. The van der Waals surface area contributed by atoms with E-state index in [-0.39, 0.29) is 12.6 Å². The maximum Gasteiger partial charge on any atom is 0.312 e. The molecule has 2 N–H and O–H groups in total. The second-order valence-electron chi connectivity index (χ2n) is 7.48. The van der Waals surface area contributed by atoms with Gasteiger partial charge in [0.05, 0.1) is 12.6 Å². The average Bonchev–Trinajstić information content (AvgIpc) is 3.36. The second-order valence-corrected chi connectivity index (χ2v) is 9.80. The molecule has 1 aliphatic heterocycles. The van der Waals surface area contributed by atoms with E-state index in [1.165, 1.54) is 16.0 Å². The molecule has 0 spiro atoms. The fourth-order valence-electron chi connectivity index (χ4n) is 4.17. The lowest BCUT2D eigenvalue weighted by molar-refractivity contribution is -0.147. The SMILES string of the molecule is O=C(NCc1cc2c(s1)CCSC2)C(=O)N(CCCO)C1CCc2ccccc21. The van der Waals surface area contributed by atoms with Gasteiger partial charge in [-0.2, -0.15) is 11.8 Å². The summed E-state index contributed by atoms with van der Waals surface area (Å²) in [5, 5.41) is 12.1. The molecule has 154 valence electrons. The standard InChI is InChI=1S/C22H26N2O3S2/c25-10-3-9-24(19-7-6-15-4-1-2-5-18(15)19)22(27)21(26)23-13-17-12-16-14-28-11-8-20(16)29-17/h1-2,4-5,12,19,25H,3,6-11,13-14H2,(H,23,26). The van der Waals surface area contributed by atoms with Gasteiger partial charge in [-0.15, -0.1) is 11.3 Å². The van der Waals surface area contributed by atoms with E-state index in [0.717, 1.165) is 41.2 Å². The predicted octanol–water partition coefficient (Wildman–Crippen LogP) is 3.05. The van der Waals surface area contributed by atoms with Gasteiger partial charge >= 0.3 is 11.8 Å². The van der Waals surface area contributed by atoms with Crippen LogP contribution in [0.25, 0.3) is 0 Å². The first-order valence-electron chi connectivity index (χ1n) is 10.1. The molecule has 0 saturated carbocycles. The Morgan fingerprint density at radius 1 is 1.21 bits per heavy atom. The number of amides is 2. The van der Waals surface area contributed by atoms with Crippen molar-refractivity contribution in [1.29, 1.82) is 0 Å². The third-order valence-corrected chi connectivity index (χ3v) is 7.84.